The van der Waals surface area contributed by atoms with E-state index in [1.807, 2.05) is 18.0 Å². The number of nitrogens with one attached hydrogen (secondary N) is 2. The normalized spacial score (nSPS) is 15.2. The molecule has 2 aromatic rings. The molecule has 0 atom stereocenters. The Labute approximate surface area is 221 Å². The number of amides is 1. The van der Waals surface area contributed by atoms with Crippen LogP contribution >= 0.6 is 0 Å². The van der Waals surface area contributed by atoms with E-state index in [0.717, 1.165) is 68.7 Å². The molecule has 204 valence electrons. The minimum Gasteiger partial charge on any atom is -0.477 e. The molecule has 1 aromatic heterocycles. The number of hydrogen-bond donors (Lipinski definition) is 3. The lowest BCUT2D eigenvalue weighted by Gasteiger charge is -2.22. The summed E-state index contributed by atoms with van der Waals surface area (Å²) in [5.41, 5.74) is -1.03. The third-order valence-corrected chi connectivity index (χ3v) is 6.79. The SMILES string of the molecule is CN(CCNC(=O)c1ccc(C(=O)O)c([N+](=O)[O-])c1)CCNc1cc(N2CCCC2)nc(N2CCCC2)n1. The Balaban J connectivity index is 1.26. The zero-order valence-electron chi connectivity index (χ0n) is 21.6. The summed E-state index contributed by atoms with van der Waals surface area (Å²) in [5.74, 6) is 0.635. The topological polar surface area (TPSA) is 157 Å². The number of carbonyl (C=O) groups excluding carboxylic acids is 1. The number of nitro groups is 1. The number of aromatic nitrogens is 2. The Morgan fingerprint density at radius 3 is 2.34 bits per heavy atom. The fourth-order valence-electron chi connectivity index (χ4n) is 4.63. The summed E-state index contributed by atoms with van der Waals surface area (Å²) in [4.78, 5) is 50.1. The van der Waals surface area contributed by atoms with Crippen LogP contribution in [0.4, 0.5) is 23.3 Å². The van der Waals surface area contributed by atoms with Gasteiger partial charge in [-0.15, -0.1) is 0 Å². The molecule has 0 unspecified atom stereocenters. The predicted molar refractivity (Wildman–Crippen MR) is 143 cm³/mol. The number of rotatable bonds is 12. The van der Waals surface area contributed by atoms with E-state index in [1.54, 1.807) is 0 Å². The Kier molecular flexibility index (Phi) is 8.89. The highest BCUT2D eigenvalue weighted by Crippen LogP contribution is 2.25. The quantitative estimate of drug-likeness (QED) is 0.275. The molecular weight excluding hydrogens is 492 g/mol. The second-order valence-corrected chi connectivity index (χ2v) is 9.58. The van der Waals surface area contributed by atoms with Crippen LogP contribution in [0.2, 0.25) is 0 Å². The first-order chi connectivity index (χ1) is 18.3. The number of carbonyl (C=O) groups is 2. The molecule has 13 heteroatoms. The van der Waals surface area contributed by atoms with Crippen LogP contribution in [0, 0.1) is 10.1 Å². The largest absolute Gasteiger partial charge is 0.477 e. The molecule has 0 spiro atoms. The van der Waals surface area contributed by atoms with E-state index in [4.69, 9.17) is 15.1 Å². The van der Waals surface area contributed by atoms with Crippen molar-refractivity contribution in [3.63, 3.8) is 0 Å². The van der Waals surface area contributed by atoms with Gasteiger partial charge in [0, 0.05) is 70.1 Å². The van der Waals surface area contributed by atoms with Crippen LogP contribution in [0.25, 0.3) is 0 Å². The van der Waals surface area contributed by atoms with Crippen LogP contribution in [0.5, 0.6) is 0 Å². The summed E-state index contributed by atoms with van der Waals surface area (Å²) in [5, 5.41) is 26.4. The van der Waals surface area contributed by atoms with Crippen LogP contribution < -0.4 is 20.4 Å². The van der Waals surface area contributed by atoms with Crippen molar-refractivity contribution in [2.45, 2.75) is 25.7 Å². The number of benzene rings is 1. The summed E-state index contributed by atoms with van der Waals surface area (Å²) < 4.78 is 0. The van der Waals surface area contributed by atoms with Gasteiger partial charge in [-0.25, -0.2) is 4.79 Å². The number of likely N-dealkylation sites (N-methyl/N-ethyl adjacent to an activating group) is 1. The summed E-state index contributed by atoms with van der Waals surface area (Å²) >= 11 is 0. The van der Waals surface area contributed by atoms with Crippen molar-refractivity contribution in [2.75, 3.05) is 74.5 Å². The third kappa shape index (κ3) is 6.85. The number of nitrogens with zero attached hydrogens (tertiary/aromatic N) is 6. The van der Waals surface area contributed by atoms with E-state index >= 15 is 0 Å². The van der Waals surface area contributed by atoms with E-state index in [-0.39, 0.29) is 5.56 Å². The summed E-state index contributed by atoms with van der Waals surface area (Å²) in [7, 11) is 1.94. The minimum absolute atomic E-state index is 0.0393. The van der Waals surface area contributed by atoms with E-state index in [9.17, 15) is 19.7 Å². The van der Waals surface area contributed by atoms with Gasteiger partial charge in [-0.3, -0.25) is 14.9 Å². The Hall–Kier alpha value is -4.00. The highest BCUT2D eigenvalue weighted by molar-refractivity contribution is 5.98. The maximum absolute atomic E-state index is 12.4. The van der Waals surface area contributed by atoms with E-state index in [2.05, 4.69) is 20.4 Å². The van der Waals surface area contributed by atoms with Gasteiger partial charge in [-0.1, -0.05) is 0 Å². The van der Waals surface area contributed by atoms with E-state index in [1.165, 1.54) is 18.9 Å². The van der Waals surface area contributed by atoms with Crippen LogP contribution in [-0.4, -0.2) is 96.2 Å². The summed E-state index contributed by atoms with van der Waals surface area (Å²) in [6.07, 6.45) is 4.67. The first-order valence-corrected chi connectivity index (χ1v) is 12.9. The van der Waals surface area contributed by atoms with Gasteiger partial charge < -0.3 is 30.4 Å². The molecule has 1 amide bonds. The van der Waals surface area contributed by atoms with Gasteiger partial charge in [-0.2, -0.15) is 9.97 Å². The number of carboxylic acids is 1. The maximum atomic E-state index is 12.4. The van der Waals surface area contributed by atoms with Crippen LogP contribution in [0.15, 0.2) is 24.3 Å². The van der Waals surface area contributed by atoms with Gasteiger partial charge in [0.25, 0.3) is 11.6 Å². The van der Waals surface area contributed by atoms with Crippen LogP contribution in [0.3, 0.4) is 0 Å². The molecule has 13 nitrogen and oxygen atoms in total. The van der Waals surface area contributed by atoms with Crippen molar-refractivity contribution in [3.8, 4) is 0 Å². The lowest BCUT2D eigenvalue weighted by Crippen LogP contribution is -2.35. The second-order valence-electron chi connectivity index (χ2n) is 9.58. The smallest absolute Gasteiger partial charge is 0.342 e. The molecule has 3 heterocycles. The molecule has 38 heavy (non-hydrogen) atoms. The predicted octanol–water partition coefficient (Wildman–Crippen LogP) is 2.06. The zero-order chi connectivity index (χ0) is 27.1. The fourth-order valence-corrected chi connectivity index (χ4v) is 4.63. The van der Waals surface area contributed by atoms with Crippen molar-refractivity contribution in [1.82, 2.24) is 20.2 Å². The third-order valence-electron chi connectivity index (χ3n) is 6.79. The van der Waals surface area contributed by atoms with Gasteiger partial charge in [0.15, 0.2) is 0 Å². The molecule has 2 aliphatic heterocycles. The van der Waals surface area contributed by atoms with Crippen molar-refractivity contribution in [2.24, 2.45) is 0 Å². The molecular formula is C25H34N8O5. The summed E-state index contributed by atoms with van der Waals surface area (Å²) in [6.45, 7) is 6.24. The Morgan fingerprint density at radius 2 is 1.68 bits per heavy atom. The minimum atomic E-state index is -1.42. The zero-order valence-corrected chi connectivity index (χ0v) is 21.6. The molecule has 0 bridgehead atoms. The highest BCUT2D eigenvalue weighted by atomic mass is 16.6. The molecule has 0 saturated carbocycles. The van der Waals surface area contributed by atoms with Crippen molar-refractivity contribution in [3.05, 3.63) is 45.5 Å². The fraction of sp³-hybridized carbons (Fsp3) is 0.520. The van der Waals surface area contributed by atoms with Gasteiger partial charge >= 0.3 is 5.97 Å². The highest BCUT2D eigenvalue weighted by Gasteiger charge is 2.22. The average molecular weight is 527 g/mol. The molecule has 2 fully saturated rings. The lowest BCUT2D eigenvalue weighted by atomic mass is 10.1. The molecule has 3 N–H and O–H groups in total. The van der Waals surface area contributed by atoms with Crippen LogP contribution in [0.1, 0.15) is 46.4 Å². The molecule has 1 aromatic carbocycles. The molecule has 2 saturated heterocycles. The number of hydrogen-bond acceptors (Lipinski definition) is 10. The number of aromatic carboxylic acids is 1. The average Bonchev–Trinajstić information content (AvgIpc) is 3.63. The first-order valence-electron chi connectivity index (χ1n) is 12.9. The number of carboxylic acid groups (broad SMARTS) is 1. The van der Waals surface area contributed by atoms with Gasteiger partial charge in [0.05, 0.1) is 4.92 Å². The summed E-state index contributed by atoms with van der Waals surface area (Å²) in [6, 6.07) is 5.35. The van der Waals surface area contributed by atoms with Gasteiger partial charge in [0.1, 0.15) is 17.2 Å². The first kappa shape index (κ1) is 27.0. The van der Waals surface area contributed by atoms with Crippen molar-refractivity contribution in [1.29, 1.82) is 0 Å². The Morgan fingerprint density at radius 1 is 1.03 bits per heavy atom. The molecule has 0 aliphatic carbocycles. The number of nitro benzene ring substituents is 1. The second kappa shape index (κ2) is 12.5. The van der Waals surface area contributed by atoms with E-state index in [0.29, 0.717) is 26.2 Å². The number of anilines is 3. The monoisotopic (exact) mass is 526 g/mol. The van der Waals surface area contributed by atoms with E-state index < -0.39 is 28.1 Å². The van der Waals surface area contributed by atoms with Gasteiger partial charge in [-0.05, 0) is 44.9 Å². The molecule has 4 rings (SSSR count). The maximum Gasteiger partial charge on any atom is 0.342 e. The van der Waals surface area contributed by atoms with Crippen LogP contribution in [-0.2, 0) is 0 Å². The van der Waals surface area contributed by atoms with Crippen molar-refractivity contribution >= 4 is 35.1 Å². The lowest BCUT2D eigenvalue weighted by molar-refractivity contribution is -0.385. The molecule has 2 aliphatic rings. The van der Waals surface area contributed by atoms with Gasteiger partial charge in [0.2, 0.25) is 5.95 Å². The molecule has 0 radical (unpaired) electrons. The standard InChI is InChI=1S/C25H34N8O5/c1-30(15-9-27-23(34)18-6-7-19(24(35)36)20(16-18)33(37)38)14-8-26-21-17-22(31-10-2-3-11-31)29-25(28-21)32-12-4-5-13-32/h6-7,16-17H,2-5,8-15H2,1H3,(H,27,34)(H,35,36)(H,26,28,29). The Bertz CT molecular complexity index is 1130. The van der Waals surface area contributed by atoms with Crippen molar-refractivity contribution < 1.29 is 19.6 Å².